The van der Waals surface area contributed by atoms with Gasteiger partial charge in [-0.1, -0.05) is 0 Å². The minimum Gasteiger partial charge on any atom is -0.456 e. The second-order valence-electron chi connectivity index (χ2n) is 4.15. The maximum Gasteiger partial charge on any atom is 0.231 e. The zero-order chi connectivity index (χ0) is 13.9. The zero-order valence-electron chi connectivity index (χ0n) is 10.4. The lowest BCUT2D eigenvalue weighted by Crippen LogP contribution is -1.92. The first-order chi connectivity index (χ1) is 9.80. The van der Waals surface area contributed by atoms with Gasteiger partial charge in [0.1, 0.15) is 17.8 Å². The lowest BCUT2D eigenvalue weighted by Gasteiger charge is -2.09. The van der Waals surface area contributed by atoms with Crippen LogP contribution in [0.2, 0.25) is 0 Å². The van der Waals surface area contributed by atoms with E-state index in [9.17, 15) is 9.59 Å². The molecule has 0 saturated carbocycles. The highest BCUT2D eigenvalue weighted by Crippen LogP contribution is 2.39. The van der Waals surface area contributed by atoms with Gasteiger partial charge in [0.15, 0.2) is 17.8 Å². The van der Waals surface area contributed by atoms with E-state index >= 15 is 0 Å². The molecular formula is C15H10O5. The zero-order valence-corrected chi connectivity index (χ0v) is 10.4. The van der Waals surface area contributed by atoms with Crippen molar-refractivity contribution in [2.75, 3.05) is 6.79 Å². The summed E-state index contributed by atoms with van der Waals surface area (Å²) in [7, 11) is 0. The molecule has 0 saturated heterocycles. The highest BCUT2D eigenvalue weighted by atomic mass is 16.7. The molecule has 2 aromatic carbocycles. The molecule has 3 rings (SSSR count). The van der Waals surface area contributed by atoms with Crippen LogP contribution in [0.4, 0.5) is 0 Å². The van der Waals surface area contributed by atoms with Gasteiger partial charge in [-0.05, 0) is 30.3 Å². The Bertz CT molecular complexity index is 661. The number of benzene rings is 2. The monoisotopic (exact) mass is 270 g/mol. The van der Waals surface area contributed by atoms with Gasteiger partial charge in [-0.3, -0.25) is 9.59 Å². The second kappa shape index (κ2) is 5.05. The van der Waals surface area contributed by atoms with Gasteiger partial charge in [0.05, 0.1) is 5.56 Å². The highest BCUT2D eigenvalue weighted by Gasteiger charge is 2.18. The van der Waals surface area contributed by atoms with E-state index in [2.05, 4.69) is 0 Å². The topological polar surface area (TPSA) is 61.8 Å². The molecule has 5 nitrogen and oxygen atoms in total. The predicted octanol–water partition coefficient (Wildman–Crippen LogP) is 2.83. The Balaban J connectivity index is 1.92. The summed E-state index contributed by atoms with van der Waals surface area (Å²) in [6, 6.07) is 9.77. The standard InChI is InChI=1S/C15H10O5/c16-7-10-1-3-12(4-2-10)20-13-6-15-14(18-9-19-15)5-11(13)8-17/h1-8H,9H2. The van der Waals surface area contributed by atoms with Gasteiger partial charge in [0.2, 0.25) is 6.79 Å². The number of carbonyl (C=O) groups excluding carboxylic acids is 2. The van der Waals surface area contributed by atoms with Crippen molar-refractivity contribution in [3.05, 3.63) is 47.5 Å². The molecule has 2 aromatic rings. The van der Waals surface area contributed by atoms with E-state index in [-0.39, 0.29) is 6.79 Å². The van der Waals surface area contributed by atoms with Crippen LogP contribution in [0.15, 0.2) is 36.4 Å². The largest absolute Gasteiger partial charge is 0.456 e. The van der Waals surface area contributed by atoms with E-state index in [0.717, 1.165) is 6.29 Å². The fraction of sp³-hybridized carbons (Fsp3) is 0.0667. The van der Waals surface area contributed by atoms with Gasteiger partial charge in [0.25, 0.3) is 0 Å². The third-order valence-corrected chi connectivity index (χ3v) is 2.88. The van der Waals surface area contributed by atoms with Crippen molar-refractivity contribution in [1.29, 1.82) is 0 Å². The molecule has 5 heteroatoms. The van der Waals surface area contributed by atoms with Crippen LogP contribution >= 0.6 is 0 Å². The number of hydrogen-bond donors (Lipinski definition) is 0. The average Bonchev–Trinajstić information content (AvgIpc) is 2.94. The summed E-state index contributed by atoms with van der Waals surface area (Å²) in [4.78, 5) is 21.7. The number of hydrogen-bond acceptors (Lipinski definition) is 5. The molecule has 0 atom stereocenters. The minimum atomic E-state index is 0.130. The van der Waals surface area contributed by atoms with Crippen LogP contribution in [0, 0.1) is 0 Å². The first-order valence-corrected chi connectivity index (χ1v) is 5.92. The Morgan fingerprint density at radius 2 is 1.65 bits per heavy atom. The van der Waals surface area contributed by atoms with Crippen LogP contribution in [-0.2, 0) is 0 Å². The van der Waals surface area contributed by atoms with Crippen LogP contribution < -0.4 is 14.2 Å². The lowest BCUT2D eigenvalue weighted by atomic mass is 10.2. The molecule has 1 aliphatic rings. The van der Waals surface area contributed by atoms with Gasteiger partial charge >= 0.3 is 0 Å². The maximum atomic E-state index is 11.1. The van der Waals surface area contributed by atoms with Gasteiger partial charge in [0, 0.05) is 11.6 Å². The van der Waals surface area contributed by atoms with E-state index in [1.54, 1.807) is 36.4 Å². The quantitative estimate of drug-likeness (QED) is 0.799. The molecule has 1 heterocycles. The summed E-state index contributed by atoms with van der Waals surface area (Å²) in [6.07, 6.45) is 1.44. The summed E-state index contributed by atoms with van der Waals surface area (Å²) in [5, 5.41) is 0. The molecule has 0 fully saturated rings. The molecule has 100 valence electrons. The van der Waals surface area contributed by atoms with Crippen molar-refractivity contribution in [1.82, 2.24) is 0 Å². The van der Waals surface area contributed by atoms with Gasteiger partial charge < -0.3 is 14.2 Å². The first-order valence-electron chi connectivity index (χ1n) is 5.92. The molecule has 0 aliphatic carbocycles. The Morgan fingerprint density at radius 3 is 2.30 bits per heavy atom. The summed E-state index contributed by atoms with van der Waals surface area (Å²) in [6.45, 7) is 0.130. The number of carbonyl (C=O) groups is 2. The third kappa shape index (κ3) is 2.21. The summed E-state index contributed by atoms with van der Waals surface area (Å²) in [5.41, 5.74) is 0.923. The Kier molecular flexibility index (Phi) is 3.09. The third-order valence-electron chi connectivity index (χ3n) is 2.88. The van der Waals surface area contributed by atoms with E-state index in [4.69, 9.17) is 14.2 Å². The van der Waals surface area contributed by atoms with E-state index in [0.29, 0.717) is 40.4 Å². The van der Waals surface area contributed by atoms with Crippen LogP contribution in [0.25, 0.3) is 0 Å². The van der Waals surface area contributed by atoms with E-state index in [1.165, 1.54) is 0 Å². The maximum absolute atomic E-state index is 11.1. The van der Waals surface area contributed by atoms with Crippen LogP contribution in [-0.4, -0.2) is 19.4 Å². The van der Waals surface area contributed by atoms with Crippen molar-refractivity contribution in [2.24, 2.45) is 0 Å². The van der Waals surface area contributed by atoms with Gasteiger partial charge in [-0.25, -0.2) is 0 Å². The molecular weight excluding hydrogens is 260 g/mol. The predicted molar refractivity (Wildman–Crippen MR) is 69.9 cm³/mol. The van der Waals surface area contributed by atoms with Crippen molar-refractivity contribution in [3.8, 4) is 23.0 Å². The van der Waals surface area contributed by atoms with E-state index < -0.39 is 0 Å². The Hall–Kier alpha value is -2.82. The number of fused-ring (bicyclic) bond motifs is 1. The fourth-order valence-electron chi connectivity index (χ4n) is 1.86. The highest BCUT2D eigenvalue weighted by molar-refractivity contribution is 5.81. The number of ether oxygens (including phenoxy) is 3. The molecule has 0 N–H and O–H groups in total. The molecule has 0 bridgehead atoms. The average molecular weight is 270 g/mol. The SMILES string of the molecule is O=Cc1ccc(Oc2cc3c(cc2C=O)OCO3)cc1. The van der Waals surface area contributed by atoms with Crippen LogP contribution in [0.5, 0.6) is 23.0 Å². The number of rotatable bonds is 4. The smallest absolute Gasteiger partial charge is 0.231 e. The normalized spacial score (nSPS) is 12.0. The molecule has 1 aliphatic heterocycles. The van der Waals surface area contributed by atoms with Gasteiger partial charge in [-0.2, -0.15) is 0 Å². The number of aldehydes is 2. The Morgan fingerprint density at radius 1 is 0.950 bits per heavy atom. The van der Waals surface area contributed by atoms with Crippen molar-refractivity contribution in [3.63, 3.8) is 0 Å². The second-order valence-corrected chi connectivity index (χ2v) is 4.15. The summed E-state index contributed by atoms with van der Waals surface area (Å²) in [5.74, 6) is 1.96. The van der Waals surface area contributed by atoms with E-state index in [1.807, 2.05) is 0 Å². The van der Waals surface area contributed by atoms with Crippen molar-refractivity contribution < 1.29 is 23.8 Å². The van der Waals surface area contributed by atoms with Crippen molar-refractivity contribution >= 4 is 12.6 Å². The van der Waals surface area contributed by atoms with Crippen molar-refractivity contribution in [2.45, 2.75) is 0 Å². The molecule has 0 radical (unpaired) electrons. The molecule has 20 heavy (non-hydrogen) atoms. The van der Waals surface area contributed by atoms with Crippen LogP contribution in [0.1, 0.15) is 20.7 Å². The Labute approximate surface area is 114 Å². The van der Waals surface area contributed by atoms with Crippen LogP contribution in [0.3, 0.4) is 0 Å². The molecule has 0 spiro atoms. The molecule has 0 aromatic heterocycles. The molecule has 0 unspecified atom stereocenters. The summed E-state index contributed by atoms with van der Waals surface area (Å²) >= 11 is 0. The lowest BCUT2D eigenvalue weighted by molar-refractivity contribution is 0.111. The first kappa shape index (κ1) is 12.2. The molecule has 0 amide bonds. The summed E-state index contributed by atoms with van der Waals surface area (Å²) < 4.78 is 16.1. The van der Waals surface area contributed by atoms with Gasteiger partial charge in [-0.15, -0.1) is 0 Å². The fourth-order valence-corrected chi connectivity index (χ4v) is 1.86. The minimum absolute atomic E-state index is 0.130.